The van der Waals surface area contributed by atoms with Gasteiger partial charge < -0.3 is 19.1 Å². The molecule has 1 aromatic rings. The first kappa shape index (κ1) is 22.1. The van der Waals surface area contributed by atoms with E-state index in [0.29, 0.717) is 24.7 Å². The Morgan fingerprint density at radius 3 is 2.52 bits per heavy atom. The van der Waals surface area contributed by atoms with Crippen LogP contribution in [0, 0.1) is 11.8 Å². The summed E-state index contributed by atoms with van der Waals surface area (Å²) < 4.78 is 17.8. The molecular formula is C24H38NO4+. The maximum Gasteiger partial charge on any atom is 0.338 e. The number of rotatable bonds is 7. The van der Waals surface area contributed by atoms with Crippen LogP contribution in [0.5, 0.6) is 5.75 Å². The predicted molar refractivity (Wildman–Crippen MR) is 114 cm³/mol. The van der Waals surface area contributed by atoms with Gasteiger partial charge in [0.1, 0.15) is 11.9 Å². The van der Waals surface area contributed by atoms with Crippen molar-refractivity contribution >= 4 is 5.97 Å². The van der Waals surface area contributed by atoms with Crippen LogP contribution < -0.4 is 9.64 Å². The lowest BCUT2D eigenvalue weighted by Crippen LogP contribution is -3.13. The zero-order valence-electron chi connectivity index (χ0n) is 18.5. The fourth-order valence-corrected chi connectivity index (χ4v) is 4.26. The summed E-state index contributed by atoms with van der Waals surface area (Å²) in [6, 6.07) is 7.30. The Labute approximate surface area is 175 Å². The van der Waals surface area contributed by atoms with Crippen LogP contribution >= 0.6 is 0 Å². The Morgan fingerprint density at radius 1 is 1.17 bits per heavy atom. The molecule has 1 N–H and O–H groups in total. The van der Waals surface area contributed by atoms with Crippen LogP contribution in [0.15, 0.2) is 24.3 Å². The third kappa shape index (κ3) is 6.71. The molecule has 5 nitrogen and oxygen atoms in total. The average Bonchev–Trinajstić information content (AvgIpc) is 2.69. The zero-order chi connectivity index (χ0) is 20.9. The van der Waals surface area contributed by atoms with E-state index >= 15 is 0 Å². The Kier molecular flexibility index (Phi) is 7.58. The van der Waals surface area contributed by atoms with Gasteiger partial charge in [0.05, 0.1) is 49.9 Å². The Balaban J connectivity index is 1.61. The number of ether oxygens (including phenoxy) is 3. The highest BCUT2D eigenvalue weighted by atomic mass is 16.6. The van der Waals surface area contributed by atoms with Gasteiger partial charge in [-0.25, -0.2) is 4.79 Å². The van der Waals surface area contributed by atoms with Gasteiger partial charge in [-0.2, -0.15) is 0 Å². The summed E-state index contributed by atoms with van der Waals surface area (Å²) in [4.78, 5) is 14.5. The predicted octanol–water partition coefficient (Wildman–Crippen LogP) is 3.13. The molecule has 2 heterocycles. The van der Waals surface area contributed by atoms with E-state index in [1.165, 1.54) is 32.4 Å². The second-order valence-corrected chi connectivity index (χ2v) is 9.72. The molecule has 2 unspecified atom stereocenters. The number of esters is 1. The molecule has 0 radical (unpaired) electrons. The van der Waals surface area contributed by atoms with Crippen molar-refractivity contribution in [2.45, 2.75) is 65.1 Å². The van der Waals surface area contributed by atoms with Crippen LogP contribution in [0.2, 0.25) is 0 Å². The van der Waals surface area contributed by atoms with E-state index in [1.807, 2.05) is 12.1 Å². The average molecular weight is 405 g/mol. The number of hydrogen-bond acceptors (Lipinski definition) is 4. The van der Waals surface area contributed by atoms with Crippen molar-refractivity contribution in [3.63, 3.8) is 0 Å². The fourth-order valence-electron chi connectivity index (χ4n) is 4.26. The van der Waals surface area contributed by atoms with Crippen LogP contribution in [0.1, 0.15) is 63.7 Å². The molecule has 2 atom stereocenters. The molecule has 0 amide bonds. The summed E-state index contributed by atoms with van der Waals surface area (Å²) in [5.41, 5.74) is 0.322. The number of carbonyl (C=O) groups excluding carboxylic acids is 1. The summed E-state index contributed by atoms with van der Waals surface area (Å²) in [5.74, 6) is 1.26. The molecule has 3 rings (SSSR count). The lowest BCUT2D eigenvalue weighted by molar-refractivity contribution is -0.909. The Bertz CT molecular complexity index is 649. The Morgan fingerprint density at radius 2 is 1.86 bits per heavy atom. The van der Waals surface area contributed by atoms with Crippen LogP contribution in [-0.4, -0.2) is 50.5 Å². The summed E-state index contributed by atoms with van der Waals surface area (Å²) in [7, 11) is 0. The van der Waals surface area contributed by atoms with Gasteiger partial charge in [-0.15, -0.1) is 0 Å². The highest BCUT2D eigenvalue weighted by Crippen LogP contribution is 2.30. The molecule has 29 heavy (non-hydrogen) atoms. The monoisotopic (exact) mass is 404 g/mol. The first-order valence-corrected chi connectivity index (χ1v) is 11.2. The highest BCUT2D eigenvalue weighted by molar-refractivity contribution is 5.89. The van der Waals surface area contributed by atoms with Gasteiger partial charge in [-0.05, 0) is 63.3 Å². The quantitative estimate of drug-likeness (QED) is 0.710. The van der Waals surface area contributed by atoms with E-state index in [4.69, 9.17) is 14.2 Å². The molecule has 5 heteroatoms. The summed E-state index contributed by atoms with van der Waals surface area (Å²) in [6.45, 7) is 13.2. The number of hydrogen-bond donors (Lipinski definition) is 1. The lowest BCUT2D eigenvalue weighted by atomic mass is 9.87. The van der Waals surface area contributed by atoms with Crippen molar-refractivity contribution in [3.05, 3.63) is 29.8 Å². The first-order chi connectivity index (χ1) is 13.8. The topological polar surface area (TPSA) is 49.2 Å². The third-order valence-electron chi connectivity index (χ3n) is 5.95. The van der Waals surface area contributed by atoms with E-state index in [-0.39, 0.29) is 23.6 Å². The van der Waals surface area contributed by atoms with Gasteiger partial charge >= 0.3 is 5.97 Å². The molecular weight excluding hydrogens is 366 g/mol. The first-order valence-electron chi connectivity index (χ1n) is 11.2. The number of benzene rings is 1. The van der Waals surface area contributed by atoms with Crippen molar-refractivity contribution in [2.24, 2.45) is 11.8 Å². The van der Waals surface area contributed by atoms with Crippen molar-refractivity contribution in [1.29, 1.82) is 0 Å². The minimum Gasteiger partial charge on any atom is -0.493 e. The Hall–Kier alpha value is -1.59. The molecule has 0 aliphatic carbocycles. The number of piperidine rings is 1. The van der Waals surface area contributed by atoms with Crippen LogP contribution in [0.4, 0.5) is 0 Å². The van der Waals surface area contributed by atoms with Crippen LogP contribution in [0.25, 0.3) is 0 Å². The molecule has 0 saturated carbocycles. The maximum absolute atomic E-state index is 12.8. The van der Waals surface area contributed by atoms with Crippen molar-refractivity contribution in [2.75, 3.05) is 32.8 Å². The molecule has 2 saturated heterocycles. The summed E-state index contributed by atoms with van der Waals surface area (Å²) in [6.07, 6.45) is 4.57. The largest absolute Gasteiger partial charge is 0.493 e. The van der Waals surface area contributed by atoms with Gasteiger partial charge in [0.2, 0.25) is 0 Å². The van der Waals surface area contributed by atoms with Gasteiger partial charge in [-0.1, -0.05) is 13.8 Å². The number of carbonyl (C=O) groups is 1. The van der Waals surface area contributed by atoms with Gasteiger partial charge in [0.15, 0.2) is 0 Å². The highest BCUT2D eigenvalue weighted by Gasteiger charge is 2.40. The smallest absolute Gasteiger partial charge is 0.338 e. The third-order valence-corrected chi connectivity index (χ3v) is 5.95. The molecule has 0 spiro atoms. The lowest BCUT2D eigenvalue weighted by Gasteiger charge is -2.41. The SMILES string of the molecule is CC(C)COc1ccc(C(=O)OC2CC(C)(C)OCC2C[NH+]2CCCCC2)cc1. The van der Waals surface area contributed by atoms with E-state index in [2.05, 4.69) is 27.7 Å². The van der Waals surface area contributed by atoms with E-state index in [9.17, 15) is 4.79 Å². The van der Waals surface area contributed by atoms with Crippen LogP contribution in [0.3, 0.4) is 0 Å². The second-order valence-electron chi connectivity index (χ2n) is 9.72. The second kappa shape index (κ2) is 9.94. The molecule has 1 aromatic carbocycles. The molecule has 0 bridgehead atoms. The van der Waals surface area contributed by atoms with Crippen molar-refractivity contribution in [1.82, 2.24) is 0 Å². The summed E-state index contributed by atoms with van der Waals surface area (Å²) >= 11 is 0. The summed E-state index contributed by atoms with van der Waals surface area (Å²) in [5, 5.41) is 0. The maximum atomic E-state index is 12.8. The molecule has 2 fully saturated rings. The molecule has 162 valence electrons. The van der Waals surface area contributed by atoms with Crippen LogP contribution in [-0.2, 0) is 9.47 Å². The van der Waals surface area contributed by atoms with E-state index in [0.717, 1.165) is 18.7 Å². The van der Waals surface area contributed by atoms with Gasteiger partial charge in [0, 0.05) is 6.42 Å². The normalized spacial score (nSPS) is 25.0. The molecule has 2 aliphatic rings. The van der Waals surface area contributed by atoms with Gasteiger partial charge in [0.25, 0.3) is 0 Å². The van der Waals surface area contributed by atoms with Crippen molar-refractivity contribution in [3.8, 4) is 5.75 Å². The van der Waals surface area contributed by atoms with Crippen molar-refractivity contribution < 1.29 is 23.9 Å². The van der Waals surface area contributed by atoms with Gasteiger partial charge in [-0.3, -0.25) is 0 Å². The minimum atomic E-state index is -0.257. The molecule has 0 aromatic heterocycles. The zero-order valence-corrected chi connectivity index (χ0v) is 18.5. The number of nitrogens with one attached hydrogen (secondary N) is 1. The minimum absolute atomic E-state index is 0.0995. The fraction of sp³-hybridized carbons (Fsp3) is 0.708. The number of likely N-dealkylation sites (tertiary alicyclic amines) is 1. The standard InChI is InChI=1S/C24H37NO4/c1-18(2)16-27-21-10-8-19(9-11-21)23(26)29-22-14-24(3,4)28-17-20(22)15-25-12-6-5-7-13-25/h8-11,18,20,22H,5-7,12-17H2,1-4H3/p+1. The molecule has 2 aliphatic heterocycles. The number of quaternary nitrogens is 1. The van der Waals surface area contributed by atoms with E-state index < -0.39 is 0 Å². The van der Waals surface area contributed by atoms with E-state index in [1.54, 1.807) is 17.0 Å².